The summed E-state index contributed by atoms with van der Waals surface area (Å²) >= 11 is 3.34. The van der Waals surface area contributed by atoms with Crippen molar-refractivity contribution in [2.45, 2.75) is 19.4 Å². The van der Waals surface area contributed by atoms with Crippen LogP contribution in [0.2, 0.25) is 0 Å². The Bertz CT molecular complexity index is 371. The minimum absolute atomic E-state index is 0.0899. The summed E-state index contributed by atoms with van der Waals surface area (Å²) in [6.07, 6.45) is 0.643. The molecule has 5 heteroatoms. The van der Waals surface area contributed by atoms with Crippen LogP contribution in [0, 0.1) is 0 Å². The van der Waals surface area contributed by atoms with Gasteiger partial charge in [-0.1, -0.05) is 22.0 Å². The number of anilines is 1. The van der Waals surface area contributed by atoms with Crippen molar-refractivity contribution in [3.8, 4) is 0 Å². The summed E-state index contributed by atoms with van der Waals surface area (Å²) in [5.74, 6) is -0.0899. The van der Waals surface area contributed by atoms with E-state index in [0.717, 1.165) is 10.2 Å². The highest BCUT2D eigenvalue weighted by Crippen LogP contribution is 2.15. The third-order valence-electron chi connectivity index (χ3n) is 2.28. The van der Waals surface area contributed by atoms with Crippen molar-refractivity contribution in [1.82, 2.24) is 5.32 Å². The number of halogens is 1. The zero-order chi connectivity index (χ0) is 12.7. The minimum atomic E-state index is -0.0899. The van der Waals surface area contributed by atoms with Gasteiger partial charge in [0.2, 0.25) is 5.91 Å². The molecule has 0 saturated heterocycles. The lowest BCUT2D eigenvalue weighted by Gasteiger charge is -2.12. The van der Waals surface area contributed by atoms with Gasteiger partial charge in [0.15, 0.2) is 0 Å². The molecule has 1 amide bonds. The van der Waals surface area contributed by atoms with Gasteiger partial charge in [-0.15, -0.1) is 0 Å². The number of carbonyl (C=O) groups excluding carboxylic acids is 1. The van der Waals surface area contributed by atoms with Gasteiger partial charge >= 0.3 is 0 Å². The van der Waals surface area contributed by atoms with E-state index in [1.54, 1.807) is 0 Å². The van der Waals surface area contributed by atoms with E-state index in [2.05, 4.69) is 26.6 Å². The molecule has 0 aliphatic heterocycles. The molecule has 1 unspecified atom stereocenters. The number of carbonyl (C=O) groups is 1. The Morgan fingerprint density at radius 2 is 2.29 bits per heavy atom. The predicted molar refractivity (Wildman–Crippen MR) is 71.9 cm³/mol. The van der Waals surface area contributed by atoms with Crippen molar-refractivity contribution >= 4 is 27.5 Å². The van der Waals surface area contributed by atoms with Crippen LogP contribution in [0.1, 0.15) is 13.3 Å². The summed E-state index contributed by atoms with van der Waals surface area (Å²) in [5, 5.41) is 14.5. The van der Waals surface area contributed by atoms with Gasteiger partial charge in [0.25, 0.3) is 0 Å². The second-order valence-corrected chi connectivity index (χ2v) is 4.77. The first-order valence-electron chi connectivity index (χ1n) is 5.51. The third kappa shape index (κ3) is 5.81. The van der Waals surface area contributed by atoms with Crippen LogP contribution in [0.5, 0.6) is 0 Å². The Morgan fingerprint density at radius 3 is 2.94 bits per heavy atom. The van der Waals surface area contributed by atoms with Gasteiger partial charge in [-0.25, -0.2) is 0 Å². The van der Waals surface area contributed by atoms with Crippen LogP contribution >= 0.6 is 15.9 Å². The highest BCUT2D eigenvalue weighted by Gasteiger charge is 2.05. The number of hydrogen-bond donors (Lipinski definition) is 3. The minimum Gasteiger partial charge on any atom is -0.396 e. The van der Waals surface area contributed by atoms with Crippen LogP contribution in [0.3, 0.4) is 0 Å². The van der Waals surface area contributed by atoms with Gasteiger partial charge in [0, 0.05) is 22.8 Å². The zero-order valence-corrected chi connectivity index (χ0v) is 11.3. The number of hydrogen-bond acceptors (Lipinski definition) is 3. The van der Waals surface area contributed by atoms with E-state index in [4.69, 9.17) is 5.11 Å². The molecule has 0 bridgehead atoms. The molecular weight excluding hydrogens is 284 g/mol. The first-order valence-corrected chi connectivity index (χ1v) is 6.31. The summed E-state index contributed by atoms with van der Waals surface area (Å²) in [4.78, 5) is 11.6. The van der Waals surface area contributed by atoms with Crippen LogP contribution in [-0.4, -0.2) is 30.2 Å². The van der Waals surface area contributed by atoms with Gasteiger partial charge < -0.3 is 15.7 Å². The molecule has 0 spiro atoms. The molecular formula is C12H17BrN2O2. The van der Waals surface area contributed by atoms with Gasteiger partial charge in [-0.05, 0) is 31.5 Å². The summed E-state index contributed by atoms with van der Waals surface area (Å²) in [5.41, 5.74) is 0.765. The molecule has 0 aliphatic carbocycles. The quantitative estimate of drug-likeness (QED) is 0.750. The van der Waals surface area contributed by atoms with Crippen molar-refractivity contribution in [3.63, 3.8) is 0 Å². The SMILES string of the molecule is CC(CCO)NCC(=O)Nc1cccc(Br)c1. The van der Waals surface area contributed by atoms with Crippen molar-refractivity contribution in [2.24, 2.45) is 0 Å². The molecule has 0 aromatic heterocycles. The first kappa shape index (κ1) is 14.2. The lowest BCUT2D eigenvalue weighted by atomic mass is 10.2. The number of aliphatic hydroxyl groups is 1. The van der Waals surface area contributed by atoms with Crippen LogP contribution in [0.25, 0.3) is 0 Å². The van der Waals surface area contributed by atoms with Crippen molar-refractivity contribution < 1.29 is 9.90 Å². The molecule has 0 heterocycles. The molecule has 1 aromatic rings. The van der Waals surface area contributed by atoms with Crippen molar-refractivity contribution in [3.05, 3.63) is 28.7 Å². The van der Waals surface area contributed by atoms with Crippen molar-refractivity contribution in [1.29, 1.82) is 0 Å². The van der Waals surface area contributed by atoms with Crippen LogP contribution < -0.4 is 10.6 Å². The molecule has 0 saturated carbocycles. The Balaban J connectivity index is 2.34. The average molecular weight is 301 g/mol. The first-order chi connectivity index (χ1) is 8.11. The maximum atomic E-state index is 11.6. The second kappa shape index (κ2) is 7.42. The molecule has 17 heavy (non-hydrogen) atoms. The van der Waals surface area contributed by atoms with E-state index >= 15 is 0 Å². The topological polar surface area (TPSA) is 61.4 Å². The molecule has 0 fully saturated rings. The van der Waals surface area contributed by atoms with E-state index in [0.29, 0.717) is 6.42 Å². The van der Waals surface area contributed by atoms with Gasteiger partial charge in [-0.2, -0.15) is 0 Å². The average Bonchev–Trinajstić information content (AvgIpc) is 2.27. The largest absolute Gasteiger partial charge is 0.396 e. The second-order valence-electron chi connectivity index (χ2n) is 3.85. The molecule has 94 valence electrons. The molecule has 0 aliphatic rings. The highest BCUT2D eigenvalue weighted by atomic mass is 79.9. The van der Waals surface area contributed by atoms with Gasteiger partial charge in [0.1, 0.15) is 0 Å². The fourth-order valence-corrected chi connectivity index (χ4v) is 1.73. The summed E-state index contributed by atoms with van der Waals surface area (Å²) in [6, 6.07) is 7.57. The standard InChI is InChI=1S/C12H17BrN2O2/c1-9(5-6-16)14-8-12(17)15-11-4-2-3-10(13)7-11/h2-4,7,9,14,16H,5-6,8H2,1H3,(H,15,17). The maximum Gasteiger partial charge on any atom is 0.238 e. The third-order valence-corrected chi connectivity index (χ3v) is 2.77. The molecule has 3 N–H and O–H groups in total. The van der Waals surface area contributed by atoms with E-state index < -0.39 is 0 Å². The van der Waals surface area contributed by atoms with Crippen LogP contribution in [0.4, 0.5) is 5.69 Å². The van der Waals surface area contributed by atoms with Crippen molar-refractivity contribution in [2.75, 3.05) is 18.5 Å². The molecule has 1 aromatic carbocycles. The maximum absolute atomic E-state index is 11.6. The number of rotatable bonds is 6. The van der Waals surface area contributed by atoms with Gasteiger partial charge in [0.05, 0.1) is 6.54 Å². The molecule has 4 nitrogen and oxygen atoms in total. The summed E-state index contributed by atoms with van der Waals surface area (Å²) < 4.78 is 0.928. The molecule has 1 rings (SSSR count). The van der Waals surface area contributed by atoms with E-state index in [-0.39, 0.29) is 25.1 Å². The Kier molecular flexibility index (Phi) is 6.18. The van der Waals surface area contributed by atoms with Crippen LogP contribution in [-0.2, 0) is 4.79 Å². The Morgan fingerprint density at radius 1 is 1.53 bits per heavy atom. The van der Waals surface area contributed by atoms with E-state index in [1.165, 1.54) is 0 Å². The fourth-order valence-electron chi connectivity index (χ4n) is 1.33. The fraction of sp³-hybridized carbons (Fsp3) is 0.417. The number of amides is 1. The Labute approximate surface area is 110 Å². The van der Waals surface area contributed by atoms with E-state index in [9.17, 15) is 4.79 Å². The zero-order valence-electron chi connectivity index (χ0n) is 9.74. The Hall–Kier alpha value is -0.910. The lowest BCUT2D eigenvalue weighted by Crippen LogP contribution is -2.34. The number of aliphatic hydroxyl groups excluding tert-OH is 1. The van der Waals surface area contributed by atoms with Crippen LogP contribution in [0.15, 0.2) is 28.7 Å². The normalized spacial score (nSPS) is 12.2. The molecule has 0 radical (unpaired) electrons. The monoisotopic (exact) mass is 300 g/mol. The van der Waals surface area contributed by atoms with Gasteiger partial charge in [-0.3, -0.25) is 4.79 Å². The smallest absolute Gasteiger partial charge is 0.238 e. The highest BCUT2D eigenvalue weighted by molar-refractivity contribution is 9.10. The number of nitrogens with one attached hydrogen (secondary N) is 2. The number of benzene rings is 1. The lowest BCUT2D eigenvalue weighted by molar-refractivity contribution is -0.115. The molecule has 1 atom stereocenters. The summed E-state index contributed by atoms with van der Waals surface area (Å²) in [6.45, 7) is 2.30. The summed E-state index contributed by atoms with van der Waals surface area (Å²) in [7, 11) is 0. The van der Waals surface area contributed by atoms with E-state index in [1.807, 2.05) is 31.2 Å². The predicted octanol–water partition coefficient (Wildman–Crippen LogP) is 1.75.